The molecule has 0 bridgehead atoms. The molecule has 0 saturated carbocycles. The first-order chi connectivity index (χ1) is 12.6. The zero-order valence-corrected chi connectivity index (χ0v) is 15.9. The van der Waals surface area contributed by atoms with E-state index in [1.807, 2.05) is 42.5 Å². The van der Waals surface area contributed by atoms with E-state index in [0.29, 0.717) is 18.4 Å². The summed E-state index contributed by atoms with van der Waals surface area (Å²) in [6.45, 7) is 0.615. The molecule has 1 heterocycles. The summed E-state index contributed by atoms with van der Waals surface area (Å²) < 4.78 is 2.58. The van der Waals surface area contributed by atoms with Gasteiger partial charge in [-0.25, -0.2) is 4.98 Å². The molecule has 5 nitrogen and oxygen atoms in total. The van der Waals surface area contributed by atoms with Crippen LogP contribution in [0, 0.1) is 0 Å². The summed E-state index contributed by atoms with van der Waals surface area (Å²) in [5.41, 5.74) is 1.50. The lowest BCUT2D eigenvalue weighted by Crippen LogP contribution is -2.20. The van der Waals surface area contributed by atoms with Crippen molar-refractivity contribution in [2.75, 3.05) is 5.32 Å². The molecule has 0 unspecified atom stereocenters. The average molecular weight is 414 g/mol. The standard InChI is InChI=1S/C20H20BrN3O2/c21-15-7-6-8-16(13-15)23-19(25)11-2-1-5-12-24-14-22-18-10-4-3-9-17(18)20(24)26/h3-4,6-10,13-14H,1-2,5,11-12H2,(H,23,25). The molecule has 0 aliphatic rings. The number of hydrogen-bond donors (Lipinski definition) is 1. The van der Waals surface area contributed by atoms with Gasteiger partial charge in [-0.1, -0.05) is 40.5 Å². The minimum absolute atomic E-state index is 0.00707. The third-order valence-corrected chi connectivity index (χ3v) is 4.64. The summed E-state index contributed by atoms with van der Waals surface area (Å²) in [4.78, 5) is 28.7. The van der Waals surface area contributed by atoms with E-state index < -0.39 is 0 Å². The lowest BCUT2D eigenvalue weighted by molar-refractivity contribution is -0.116. The van der Waals surface area contributed by atoms with E-state index in [4.69, 9.17) is 0 Å². The number of nitrogens with zero attached hydrogens (tertiary/aromatic N) is 2. The Balaban J connectivity index is 1.44. The highest BCUT2D eigenvalue weighted by molar-refractivity contribution is 9.10. The Morgan fingerprint density at radius 3 is 2.77 bits per heavy atom. The van der Waals surface area contributed by atoms with Gasteiger partial charge in [-0.2, -0.15) is 0 Å². The number of benzene rings is 2. The largest absolute Gasteiger partial charge is 0.326 e. The molecule has 1 amide bonds. The number of aromatic nitrogens is 2. The lowest BCUT2D eigenvalue weighted by atomic mass is 10.2. The minimum atomic E-state index is -0.0111. The van der Waals surface area contributed by atoms with Crippen LogP contribution in [0.2, 0.25) is 0 Å². The van der Waals surface area contributed by atoms with Gasteiger partial charge in [-0.3, -0.25) is 14.2 Å². The van der Waals surface area contributed by atoms with Crippen molar-refractivity contribution in [1.29, 1.82) is 0 Å². The molecule has 3 aromatic rings. The lowest BCUT2D eigenvalue weighted by Gasteiger charge is -2.07. The van der Waals surface area contributed by atoms with Crippen LogP contribution < -0.4 is 10.9 Å². The average Bonchev–Trinajstić information content (AvgIpc) is 2.63. The van der Waals surface area contributed by atoms with Gasteiger partial charge in [0, 0.05) is 23.1 Å². The van der Waals surface area contributed by atoms with Crippen LogP contribution in [-0.4, -0.2) is 15.5 Å². The molecule has 0 aliphatic carbocycles. The Kier molecular flexibility index (Phi) is 6.17. The van der Waals surface area contributed by atoms with Crippen molar-refractivity contribution in [3.05, 3.63) is 69.7 Å². The minimum Gasteiger partial charge on any atom is -0.326 e. The second-order valence-electron chi connectivity index (χ2n) is 6.13. The predicted octanol–water partition coefficient (Wildman–Crippen LogP) is 4.36. The number of fused-ring (bicyclic) bond motifs is 1. The van der Waals surface area contributed by atoms with Crippen molar-refractivity contribution in [2.24, 2.45) is 0 Å². The first-order valence-electron chi connectivity index (χ1n) is 8.63. The predicted molar refractivity (Wildman–Crippen MR) is 107 cm³/mol. The van der Waals surface area contributed by atoms with E-state index in [0.717, 1.165) is 34.9 Å². The second kappa shape index (κ2) is 8.76. The maximum atomic E-state index is 12.4. The van der Waals surface area contributed by atoms with Gasteiger partial charge in [0.05, 0.1) is 17.2 Å². The Morgan fingerprint density at radius 2 is 1.92 bits per heavy atom. The van der Waals surface area contributed by atoms with Crippen molar-refractivity contribution in [2.45, 2.75) is 32.2 Å². The van der Waals surface area contributed by atoms with Crippen LogP contribution >= 0.6 is 15.9 Å². The molecule has 0 atom stereocenters. The maximum absolute atomic E-state index is 12.4. The van der Waals surface area contributed by atoms with Gasteiger partial charge < -0.3 is 5.32 Å². The number of para-hydroxylation sites is 1. The fourth-order valence-electron chi connectivity index (χ4n) is 2.80. The Hall–Kier alpha value is -2.47. The second-order valence-corrected chi connectivity index (χ2v) is 7.05. The van der Waals surface area contributed by atoms with E-state index in [1.54, 1.807) is 17.0 Å². The topological polar surface area (TPSA) is 64.0 Å². The van der Waals surface area contributed by atoms with E-state index >= 15 is 0 Å². The van der Waals surface area contributed by atoms with Crippen LogP contribution in [0.1, 0.15) is 25.7 Å². The van der Waals surface area contributed by atoms with Crippen molar-refractivity contribution in [1.82, 2.24) is 9.55 Å². The van der Waals surface area contributed by atoms with Gasteiger partial charge in [-0.05, 0) is 43.2 Å². The zero-order valence-electron chi connectivity index (χ0n) is 14.3. The third-order valence-electron chi connectivity index (χ3n) is 4.14. The molecule has 3 rings (SSSR count). The number of halogens is 1. The number of aryl methyl sites for hydroxylation is 1. The molecule has 1 aromatic heterocycles. The molecule has 0 saturated heterocycles. The molecule has 26 heavy (non-hydrogen) atoms. The number of nitrogens with one attached hydrogen (secondary N) is 1. The van der Waals surface area contributed by atoms with Gasteiger partial charge in [-0.15, -0.1) is 0 Å². The summed E-state index contributed by atoms with van der Waals surface area (Å²) >= 11 is 3.38. The van der Waals surface area contributed by atoms with Crippen molar-refractivity contribution in [3.8, 4) is 0 Å². The first kappa shape index (κ1) is 18.3. The maximum Gasteiger partial charge on any atom is 0.261 e. The fraction of sp³-hybridized carbons (Fsp3) is 0.250. The highest BCUT2D eigenvalue weighted by atomic mass is 79.9. The molecular formula is C20H20BrN3O2. The Morgan fingerprint density at radius 1 is 1.08 bits per heavy atom. The first-order valence-corrected chi connectivity index (χ1v) is 9.42. The normalized spacial score (nSPS) is 10.8. The van der Waals surface area contributed by atoms with Gasteiger partial charge in [0.15, 0.2) is 0 Å². The van der Waals surface area contributed by atoms with Crippen LogP contribution in [0.4, 0.5) is 5.69 Å². The molecule has 2 aromatic carbocycles. The van der Waals surface area contributed by atoms with Crippen molar-refractivity contribution < 1.29 is 4.79 Å². The number of carbonyl (C=O) groups is 1. The Bertz CT molecular complexity index is 968. The summed E-state index contributed by atoms with van der Waals surface area (Å²) in [6, 6.07) is 14.9. The quantitative estimate of drug-likeness (QED) is 0.585. The van der Waals surface area contributed by atoms with Crippen molar-refractivity contribution >= 4 is 38.4 Å². The number of hydrogen-bond acceptors (Lipinski definition) is 3. The van der Waals surface area contributed by atoms with E-state index in [1.165, 1.54) is 0 Å². The third kappa shape index (κ3) is 4.79. The molecule has 6 heteroatoms. The van der Waals surface area contributed by atoms with E-state index in [9.17, 15) is 9.59 Å². The molecule has 0 radical (unpaired) electrons. The summed E-state index contributed by atoms with van der Waals surface area (Å²) in [5, 5.41) is 3.53. The summed E-state index contributed by atoms with van der Waals surface area (Å²) in [5.74, 6) is 0.00707. The molecule has 0 aliphatic heterocycles. The summed E-state index contributed by atoms with van der Waals surface area (Å²) in [6.07, 6.45) is 4.58. The van der Waals surface area contributed by atoms with Gasteiger partial charge in [0.2, 0.25) is 5.91 Å². The number of anilines is 1. The van der Waals surface area contributed by atoms with Crippen LogP contribution in [0.25, 0.3) is 10.9 Å². The smallest absolute Gasteiger partial charge is 0.261 e. The van der Waals surface area contributed by atoms with Crippen LogP contribution in [0.3, 0.4) is 0 Å². The Labute approximate surface area is 160 Å². The number of rotatable bonds is 7. The van der Waals surface area contributed by atoms with E-state index in [-0.39, 0.29) is 11.5 Å². The molecule has 134 valence electrons. The van der Waals surface area contributed by atoms with Crippen LogP contribution in [0.15, 0.2) is 64.1 Å². The summed E-state index contributed by atoms with van der Waals surface area (Å²) in [7, 11) is 0. The van der Waals surface area contributed by atoms with Crippen molar-refractivity contribution in [3.63, 3.8) is 0 Å². The number of amides is 1. The zero-order chi connectivity index (χ0) is 18.4. The van der Waals surface area contributed by atoms with Crippen LogP contribution in [0.5, 0.6) is 0 Å². The van der Waals surface area contributed by atoms with Gasteiger partial charge in [0.25, 0.3) is 5.56 Å². The van der Waals surface area contributed by atoms with Gasteiger partial charge in [0.1, 0.15) is 0 Å². The SMILES string of the molecule is O=C(CCCCCn1cnc2ccccc2c1=O)Nc1cccc(Br)c1. The van der Waals surface area contributed by atoms with Crippen LogP contribution in [-0.2, 0) is 11.3 Å². The molecule has 1 N–H and O–H groups in total. The highest BCUT2D eigenvalue weighted by Gasteiger charge is 2.05. The monoisotopic (exact) mass is 413 g/mol. The van der Waals surface area contributed by atoms with Gasteiger partial charge >= 0.3 is 0 Å². The molecule has 0 fully saturated rings. The molecule has 0 spiro atoms. The number of carbonyl (C=O) groups excluding carboxylic acids is 1. The highest BCUT2D eigenvalue weighted by Crippen LogP contribution is 2.16. The van der Waals surface area contributed by atoms with E-state index in [2.05, 4.69) is 26.2 Å². The molecular weight excluding hydrogens is 394 g/mol. The number of unbranched alkanes of at least 4 members (excludes halogenated alkanes) is 2. The fourth-order valence-corrected chi connectivity index (χ4v) is 3.20.